The highest BCUT2D eigenvalue weighted by molar-refractivity contribution is 6.27. The predicted octanol–water partition coefficient (Wildman–Crippen LogP) is 3.95. The highest BCUT2D eigenvalue weighted by Crippen LogP contribution is 2.44. The van der Waals surface area contributed by atoms with Gasteiger partial charge in [-0.05, 0) is 49.3 Å². The Labute approximate surface area is 231 Å². The second-order valence-electron chi connectivity index (χ2n) is 11.8. The Hall–Kier alpha value is -4.21. The number of rotatable bonds is 6. The van der Waals surface area contributed by atoms with E-state index in [4.69, 9.17) is 4.74 Å². The molecule has 0 spiro atoms. The maximum Gasteiger partial charge on any atom is 0.259 e. The fraction of sp³-hybridized carbons (Fsp3) is 0.433. The zero-order chi connectivity index (χ0) is 27.6. The number of aromatic nitrogens is 2. The van der Waals surface area contributed by atoms with Gasteiger partial charge in [-0.2, -0.15) is 5.10 Å². The number of likely N-dealkylation sites (tertiary alicyclic amines) is 1. The Morgan fingerprint density at radius 3 is 2.70 bits per heavy atom. The molecule has 2 atom stereocenters. The van der Waals surface area contributed by atoms with Crippen molar-refractivity contribution in [3.63, 3.8) is 0 Å². The van der Waals surface area contributed by atoms with Crippen LogP contribution >= 0.6 is 0 Å². The number of amides is 4. The number of benzene rings is 2. The number of hydrogen-bond donors (Lipinski definition) is 1. The van der Waals surface area contributed by atoms with Gasteiger partial charge in [0.15, 0.2) is 5.75 Å². The molecule has 10 heteroatoms. The third-order valence-electron chi connectivity index (χ3n) is 9.02. The van der Waals surface area contributed by atoms with Gasteiger partial charge in [0.05, 0.1) is 24.1 Å². The molecule has 206 valence electrons. The first-order valence-corrected chi connectivity index (χ1v) is 14.0. The van der Waals surface area contributed by atoms with Gasteiger partial charge in [-0.3, -0.25) is 34.1 Å². The Bertz CT molecular complexity index is 1570. The summed E-state index contributed by atoms with van der Waals surface area (Å²) in [6, 6.07) is 8.26. The van der Waals surface area contributed by atoms with Crippen LogP contribution in [-0.4, -0.2) is 57.4 Å². The smallest absolute Gasteiger partial charge is 0.259 e. The van der Waals surface area contributed by atoms with E-state index in [1.54, 1.807) is 30.5 Å². The fourth-order valence-corrected chi connectivity index (χ4v) is 6.66. The van der Waals surface area contributed by atoms with Crippen molar-refractivity contribution in [2.24, 2.45) is 5.41 Å². The summed E-state index contributed by atoms with van der Waals surface area (Å²) >= 11 is 0. The van der Waals surface area contributed by atoms with E-state index in [1.165, 1.54) is 24.2 Å². The van der Waals surface area contributed by atoms with Crippen LogP contribution in [0.3, 0.4) is 0 Å². The minimum atomic E-state index is -0.739. The molecule has 1 aromatic heterocycles. The lowest BCUT2D eigenvalue weighted by Gasteiger charge is -2.44. The summed E-state index contributed by atoms with van der Waals surface area (Å²) < 4.78 is 8.08. The lowest BCUT2D eigenvalue weighted by molar-refractivity contribution is -0.137. The van der Waals surface area contributed by atoms with Gasteiger partial charge >= 0.3 is 0 Å². The molecular weight excluding hydrogens is 510 g/mol. The highest BCUT2D eigenvalue weighted by Gasteiger charge is 2.41. The van der Waals surface area contributed by atoms with E-state index in [-0.39, 0.29) is 42.0 Å². The summed E-state index contributed by atoms with van der Waals surface area (Å²) in [5.41, 5.74) is 1.41. The van der Waals surface area contributed by atoms with Gasteiger partial charge in [0.1, 0.15) is 11.8 Å². The van der Waals surface area contributed by atoms with Gasteiger partial charge in [-0.1, -0.05) is 25.5 Å². The van der Waals surface area contributed by atoms with Crippen LogP contribution < -0.4 is 15.0 Å². The molecule has 3 aliphatic heterocycles. The van der Waals surface area contributed by atoms with Crippen LogP contribution in [0.25, 0.3) is 10.8 Å². The van der Waals surface area contributed by atoms with Gasteiger partial charge in [-0.15, -0.1) is 0 Å². The largest absolute Gasteiger partial charge is 0.453 e. The second kappa shape index (κ2) is 9.18. The average molecular weight is 542 g/mol. The maximum atomic E-state index is 13.4. The summed E-state index contributed by atoms with van der Waals surface area (Å²) in [5, 5.41) is 8.33. The number of imide groups is 1. The molecule has 2 aromatic carbocycles. The van der Waals surface area contributed by atoms with E-state index >= 15 is 0 Å². The molecule has 2 saturated heterocycles. The first kappa shape index (κ1) is 24.8. The molecule has 0 radical (unpaired) electrons. The van der Waals surface area contributed by atoms with Gasteiger partial charge < -0.3 is 9.64 Å². The molecule has 1 N–H and O–H groups in total. The third-order valence-corrected chi connectivity index (χ3v) is 9.02. The van der Waals surface area contributed by atoms with E-state index < -0.39 is 11.9 Å². The van der Waals surface area contributed by atoms with Gasteiger partial charge in [0.25, 0.3) is 5.91 Å². The molecule has 40 heavy (non-hydrogen) atoms. The summed E-state index contributed by atoms with van der Waals surface area (Å²) in [4.78, 5) is 54.0. The van der Waals surface area contributed by atoms with Crippen molar-refractivity contribution in [3.8, 4) is 11.5 Å². The van der Waals surface area contributed by atoms with Crippen LogP contribution in [0.5, 0.6) is 11.5 Å². The second-order valence-corrected chi connectivity index (χ2v) is 11.8. The molecule has 4 amide bonds. The van der Waals surface area contributed by atoms with Crippen LogP contribution in [0.2, 0.25) is 0 Å². The first-order chi connectivity index (χ1) is 19.3. The molecule has 1 saturated carbocycles. The van der Waals surface area contributed by atoms with Crippen molar-refractivity contribution in [2.45, 2.75) is 64.0 Å². The van der Waals surface area contributed by atoms with Crippen LogP contribution in [0.15, 0.2) is 42.7 Å². The fourth-order valence-electron chi connectivity index (χ4n) is 6.66. The molecule has 3 aromatic rings. The van der Waals surface area contributed by atoms with E-state index in [0.29, 0.717) is 29.2 Å². The van der Waals surface area contributed by atoms with Gasteiger partial charge in [0, 0.05) is 42.3 Å². The Morgan fingerprint density at radius 2 is 1.95 bits per heavy atom. The number of piperidine rings is 2. The number of hydrogen-bond acceptors (Lipinski definition) is 6. The van der Waals surface area contributed by atoms with Crippen molar-refractivity contribution in [3.05, 3.63) is 48.3 Å². The number of ether oxygens (including phenoxy) is 1. The maximum absolute atomic E-state index is 13.4. The monoisotopic (exact) mass is 541 g/mol. The molecule has 1 aliphatic carbocycles. The van der Waals surface area contributed by atoms with E-state index in [0.717, 1.165) is 30.3 Å². The molecular formula is C30H31N5O5. The molecule has 4 aliphatic rings. The molecule has 2 unspecified atom stereocenters. The van der Waals surface area contributed by atoms with Crippen LogP contribution in [0, 0.1) is 5.41 Å². The summed E-state index contributed by atoms with van der Waals surface area (Å²) in [7, 11) is 0. The molecule has 0 bridgehead atoms. The normalized spacial score (nSPS) is 23.9. The Balaban J connectivity index is 1.10. The molecule has 7 rings (SSSR count). The zero-order valence-corrected chi connectivity index (χ0v) is 22.4. The van der Waals surface area contributed by atoms with E-state index in [1.807, 2.05) is 21.8 Å². The molecule has 4 heterocycles. The standard InChI is InChI=1S/C30H31N5O5/c1-30(11-3-12-30)17-33-13-10-18(14-26(33)37)34-16-19(15-31-34)40-24-8-6-22-27-20(24)4-2-5-21(27)29(39)35(22)23-7-9-25(36)32-28(23)38/h2,4-6,8,15-16,18,23H,3,7,9-14,17H2,1H3,(H,32,36,38). The van der Waals surface area contributed by atoms with Crippen molar-refractivity contribution in [1.29, 1.82) is 0 Å². The van der Waals surface area contributed by atoms with E-state index in [2.05, 4.69) is 17.3 Å². The van der Waals surface area contributed by atoms with Crippen molar-refractivity contribution >= 4 is 40.1 Å². The third kappa shape index (κ3) is 4.04. The summed E-state index contributed by atoms with van der Waals surface area (Å²) in [6.45, 7) is 3.86. The first-order valence-electron chi connectivity index (χ1n) is 14.0. The van der Waals surface area contributed by atoms with Gasteiger partial charge in [0.2, 0.25) is 17.7 Å². The number of anilines is 1. The minimum Gasteiger partial charge on any atom is -0.453 e. The predicted molar refractivity (Wildman–Crippen MR) is 146 cm³/mol. The van der Waals surface area contributed by atoms with Crippen LogP contribution in [0.4, 0.5) is 5.69 Å². The number of nitrogens with one attached hydrogen (secondary N) is 1. The summed E-state index contributed by atoms with van der Waals surface area (Å²) in [5.74, 6) is 0.252. The quantitative estimate of drug-likeness (QED) is 0.473. The van der Waals surface area contributed by atoms with E-state index in [9.17, 15) is 19.2 Å². The van der Waals surface area contributed by atoms with Crippen LogP contribution in [-0.2, 0) is 14.4 Å². The topological polar surface area (TPSA) is 114 Å². The summed E-state index contributed by atoms with van der Waals surface area (Å²) in [6.07, 6.45) is 8.87. The van der Waals surface area contributed by atoms with Crippen molar-refractivity contribution < 1.29 is 23.9 Å². The SMILES string of the molecule is CC1(CN2CCC(n3cc(Oc4ccc5c6c(cccc46)C(=O)N5C4CCC(=O)NC4=O)cn3)CC2=O)CCC1. The molecule has 3 fully saturated rings. The van der Waals surface area contributed by atoms with Crippen LogP contribution in [0.1, 0.15) is 68.3 Å². The number of carbonyl (C=O) groups is 4. The molecule has 10 nitrogen and oxygen atoms in total. The average Bonchev–Trinajstić information content (AvgIpc) is 3.50. The lowest BCUT2D eigenvalue weighted by atomic mass is 9.70. The minimum absolute atomic E-state index is 0.0113. The Kier molecular flexibility index (Phi) is 5.69. The van der Waals surface area contributed by atoms with Crippen molar-refractivity contribution in [1.82, 2.24) is 20.0 Å². The number of carbonyl (C=O) groups excluding carboxylic acids is 4. The highest BCUT2D eigenvalue weighted by atomic mass is 16.5. The number of nitrogens with zero attached hydrogens (tertiary/aromatic N) is 4. The Morgan fingerprint density at radius 1 is 1.10 bits per heavy atom. The lowest BCUT2D eigenvalue weighted by Crippen LogP contribution is -2.53. The zero-order valence-electron chi connectivity index (χ0n) is 22.4. The van der Waals surface area contributed by atoms with Crippen molar-refractivity contribution in [2.75, 3.05) is 18.0 Å². The van der Waals surface area contributed by atoms with Gasteiger partial charge in [-0.25, -0.2) is 0 Å².